The number of hydrogen-bond donors (Lipinski definition) is 4. The molecule has 4 rings (SSSR count). The zero-order valence-electron chi connectivity index (χ0n) is 29.7. The molecule has 0 saturated heterocycles. The summed E-state index contributed by atoms with van der Waals surface area (Å²) in [7, 11) is 0. The Morgan fingerprint density at radius 1 is 0.580 bits per heavy atom. The molecule has 0 aromatic heterocycles. The molecule has 4 N–H and O–H groups in total. The Morgan fingerprint density at radius 3 is 1.46 bits per heavy atom. The molecule has 0 aliphatic heterocycles. The molecule has 0 aliphatic carbocycles. The maximum Gasteiger partial charge on any atom is 0.185 e. The van der Waals surface area contributed by atoms with Crippen molar-refractivity contribution < 1.29 is 39.5 Å². The topological polar surface area (TPSA) is 134 Å². The summed E-state index contributed by atoms with van der Waals surface area (Å²) in [5.74, 6) is 1.31. The van der Waals surface area contributed by atoms with Crippen molar-refractivity contribution in [2.45, 2.75) is 67.2 Å². The molecule has 0 fully saturated rings. The molecule has 0 saturated carbocycles. The third-order valence-electron chi connectivity index (χ3n) is 7.88. The van der Waals surface area contributed by atoms with Gasteiger partial charge in [-0.1, -0.05) is 27.7 Å². The molecule has 0 bridgehead atoms. The van der Waals surface area contributed by atoms with E-state index in [4.69, 9.17) is 9.47 Å². The number of aromatic hydroxyl groups is 4. The van der Waals surface area contributed by atoms with Crippen LogP contribution in [0.1, 0.15) is 94.6 Å². The Kier molecular flexibility index (Phi) is 14.7. The lowest BCUT2D eigenvalue weighted by Crippen LogP contribution is -2.03. The largest absolute Gasteiger partial charge is 0.508 e. The SMILES string of the molecule is CCCOc1c(C)cc(C)c(O)c1C=CC(=O)c1ccc(O)cc1.CCCOc1c(CC)cc(CC)c(O)c1C=CC(=O)c1ccc(O)cc1. The van der Waals surface area contributed by atoms with E-state index < -0.39 is 0 Å². The molecule has 0 spiro atoms. The van der Waals surface area contributed by atoms with Gasteiger partial charge in [0.1, 0.15) is 34.5 Å². The second kappa shape index (κ2) is 18.9. The van der Waals surface area contributed by atoms with Gasteiger partial charge in [-0.3, -0.25) is 9.59 Å². The minimum atomic E-state index is -0.213. The minimum absolute atomic E-state index is 0.109. The Balaban J connectivity index is 0.000000271. The lowest BCUT2D eigenvalue weighted by atomic mass is 9.98. The van der Waals surface area contributed by atoms with E-state index in [-0.39, 0.29) is 34.6 Å². The predicted octanol–water partition coefficient (Wildman–Crippen LogP) is 9.31. The van der Waals surface area contributed by atoms with E-state index in [0.29, 0.717) is 53.4 Å². The van der Waals surface area contributed by atoms with Crippen molar-refractivity contribution in [3.05, 3.63) is 117 Å². The van der Waals surface area contributed by atoms with Gasteiger partial charge >= 0.3 is 0 Å². The van der Waals surface area contributed by atoms with Gasteiger partial charge in [-0.2, -0.15) is 0 Å². The molecule has 50 heavy (non-hydrogen) atoms. The summed E-state index contributed by atoms with van der Waals surface area (Å²) in [5, 5.41) is 39.6. The number of phenols is 4. The van der Waals surface area contributed by atoms with Crippen LogP contribution in [0.5, 0.6) is 34.5 Å². The van der Waals surface area contributed by atoms with Gasteiger partial charge in [-0.15, -0.1) is 0 Å². The lowest BCUT2D eigenvalue weighted by Gasteiger charge is -2.17. The Labute approximate surface area is 295 Å². The van der Waals surface area contributed by atoms with Crippen LogP contribution in [0.25, 0.3) is 12.2 Å². The summed E-state index contributed by atoms with van der Waals surface area (Å²) in [6.45, 7) is 12.9. The second-order valence-electron chi connectivity index (χ2n) is 11.8. The fraction of sp³-hybridized carbons (Fsp3) is 0.286. The number of hydrogen-bond acceptors (Lipinski definition) is 8. The van der Waals surface area contributed by atoms with Gasteiger partial charge in [0.05, 0.1) is 24.3 Å². The summed E-state index contributed by atoms with van der Waals surface area (Å²) in [5.41, 5.74) is 5.48. The first-order chi connectivity index (χ1) is 23.9. The van der Waals surface area contributed by atoms with Crippen LogP contribution in [-0.2, 0) is 12.8 Å². The highest BCUT2D eigenvalue weighted by Gasteiger charge is 2.17. The fourth-order valence-electron chi connectivity index (χ4n) is 5.16. The number of phenolic OH excluding ortho intramolecular Hbond substituents is 4. The quantitative estimate of drug-likeness (QED) is 0.0765. The highest BCUT2D eigenvalue weighted by molar-refractivity contribution is 6.08. The smallest absolute Gasteiger partial charge is 0.185 e. The first kappa shape index (κ1) is 38.9. The molecule has 8 nitrogen and oxygen atoms in total. The molecule has 0 atom stereocenters. The molecule has 0 heterocycles. The number of allylic oxidation sites excluding steroid dienone is 2. The van der Waals surface area contributed by atoms with Crippen LogP contribution >= 0.6 is 0 Å². The summed E-state index contributed by atoms with van der Waals surface area (Å²) in [6.07, 6.45) is 9.21. The van der Waals surface area contributed by atoms with Gasteiger partial charge < -0.3 is 29.9 Å². The highest BCUT2D eigenvalue weighted by Crippen LogP contribution is 2.38. The van der Waals surface area contributed by atoms with Crippen molar-refractivity contribution in [3.63, 3.8) is 0 Å². The molecule has 4 aromatic carbocycles. The Hall–Kier alpha value is -5.50. The van der Waals surface area contributed by atoms with Gasteiger partial charge in [0.25, 0.3) is 0 Å². The van der Waals surface area contributed by atoms with Crippen LogP contribution in [0.4, 0.5) is 0 Å². The van der Waals surface area contributed by atoms with Crippen LogP contribution in [-0.4, -0.2) is 45.2 Å². The molecule has 0 aliphatic rings. The van der Waals surface area contributed by atoms with E-state index in [1.807, 2.05) is 53.7 Å². The van der Waals surface area contributed by atoms with Crippen LogP contribution in [0.3, 0.4) is 0 Å². The van der Waals surface area contributed by atoms with E-state index in [0.717, 1.165) is 41.5 Å². The first-order valence-corrected chi connectivity index (χ1v) is 16.9. The van der Waals surface area contributed by atoms with Crippen LogP contribution in [0.2, 0.25) is 0 Å². The summed E-state index contributed by atoms with van der Waals surface area (Å²) in [4.78, 5) is 24.6. The average molecular weight is 681 g/mol. The van der Waals surface area contributed by atoms with E-state index in [2.05, 4.69) is 0 Å². The van der Waals surface area contributed by atoms with Crippen molar-refractivity contribution >= 4 is 23.7 Å². The highest BCUT2D eigenvalue weighted by atomic mass is 16.5. The van der Waals surface area contributed by atoms with Crippen molar-refractivity contribution in [1.82, 2.24) is 0 Å². The molecule has 264 valence electrons. The third-order valence-corrected chi connectivity index (χ3v) is 7.88. The van der Waals surface area contributed by atoms with Crippen molar-refractivity contribution in [2.24, 2.45) is 0 Å². The maximum absolute atomic E-state index is 12.4. The monoisotopic (exact) mass is 680 g/mol. The molecule has 0 radical (unpaired) electrons. The first-order valence-electron chi connectivity index (χ1n) is 16.9. The van der Waals surface area contributed by atoms with Crippen molar-refractivity contribution in [2.75, 3.05) is 13.2 Å². The van der Waals surface area contributed by atoms with Crippen molar-refractivity contribution in [3.8, 4) is 34.5 Å². The average Bonchev–Trinajstić information content (AvgIpc) is 3.11. The Bertz CT molecular complexity index is 1820. The number of benzene rings is 4. The van der Waals surface area contributed by atoms with Crippen LogP contribution in [0.15, 0.2) is 72.8 Å². The zero-order chi connectivity index (χ0) is 36.8. The molecule has 4 aromatic rings. The third kappa shape index (κ3) is 10.3. The van der Waals surface area contributed by atoms with E-state index in [9.17, 15) is 30.0 Å². The molecule has 0 amide bonds. The Morgan fingerprint density at radius 2 is 1.02 bits per heavy atom. The number of ketones is 2. The van der Waals surface area contributed by atoms with Gasteiger partial charge in [0.2, 0.25) is 0 Å². The lowest BCUT2D eigenvalue weighted by molar-refractivity contribution is 0.103. The predicted molar refractivity (Wildman–Crippen MR) is 199 cm³/mol. The number of ether oxygens (including phenoxy) is 2. The molecule has 8 heteroatoms. The van der Waals surface area contributed by atoms with Gasteiger partial charge in [-0.25, -0.2) is 0 Å². The molecular weight excluding hydrogens is 632 g/mol. The molecule has 0 unspecified atom stereocenters. The second-order valence-corrected chi connectivity index (χ2v) is 11.8. The minimum Gasteiger partial charge on any atom is -0.508 e. The molecular formula is C42H48O8. The maximum atomic E-state index is 12.4. The fourth-order valence-corrected chi connectivity index (χ4v) is 5.16. The summed E-state index contributed by atoms with van der Waals surface area (Å²) >= 11 is 0. The van der Waals surface area contributed by atoms with Gasteiger partial charge in [-0.05, 0) is 147 Å². The van der Waals surface area contributed by atoms with Gasteiger partial charge in [0, 0.05) is 11.1 Å². The van der Waals surface area contributed by atoms with Crippen LogP contribution < -0.4 is 9.47 Å². The summed E-state index contributed by atoms with van der Waals surface area (Å²) in [6, 6.07) is 15.9. The van der Waals surface area contributed by atoms with E-state index >= 15 is 0 Å². The van der Waals surface area contributed by atoms with E-state index in [1.165, 1.54) is 36.4 Å². The number of carbonyl (C=O) groups is 2. The number of aryl methyl sites for hydroxylation is 4. The van der Waals surface area contributed by atoms with Crippen molar-refractivity contribution in [1.29, 1.82) is 0 Å². The normalized spacial score (nSPS) is 11.0. The summed E-state index contributed by atoms with van der Waals surface area (Å²) < 4.78 is 11.6. The van der Waals surface area contributed by atoms with E-state index in [1.54, 1.807) is 36.4 Å². The number of rotatable bonds is 14. The standard InChI is InChI=1S/C22H26O4.C20H22O4/c1-4-13-26-22-16(6-3)14-15(5-2)21(25)19(22)11-12-20(24)17-7-9-18(23)10-8-17;1-4-11-24-20-14(3)12-13(2)19(23)17(20)9-10-18(22)15-5-7-16(21)8-6-15/h7-12,14,23,25H,4-6,13H2,1-3H3;5-10,12,21,23H,4,11H2,1-3H3. The van der Waals surface area contributed by atoms with Gasteiger partial charge in [0.15, 0.2) is 11.6 Å². The van der Waals surface area contributed by atoms with Crippen LogP contribution in [0, 0.1) is 13.8 Å². The number of carbonyl (C=O) groups excluding carboxylic acids is 2. The zero-order valence-corrected chi connectivity index (χ0v) is 29.7.